The van der Waals surface area contributed by atoms with Crippen LogP contribution in [0, 0.1) is 0 Å². The summed E-state index contributed by atoms with van der Waals surface area (Å²) in [5, 5.41) is 13.8. The molecule has 0 aliphatic carbocycles. The first-order valence-electron chi connectivity index (χ1n) is 4.91. The summed E-state index contributed by atoms with van der Waals surface area (Å²) in [6.07, 6.45) is 0.674. The second-order valence-electron chi connectivity index (χ2n) is 3.26. The van der Waals surface area contributed by atoms with Crippen molar-refractivity contribution in [2.45, 2.75) is 6.42 Å². The molecular formula is C11H14N2O3. The molecule has 0 spiro atoms. The van der Waals surface area contributed by atoms with Crippen LogP contribution in [-0.4, -0.2) is 30.7 Å². The number of hydrogen-bond donors (Lipinski definition) is 3. The van der Waals surface area contributed by atoms with Crippen LogP contribution in [0.15, 0.2) is 24.3 Å². The predicted molar refractivity (Wildman–Crippen MR) is 59.6 cm³/mol. The zero-order valence-corrected chi connectivity index (χ0v) is 8.99. The summed E-state index contributed by atoms with van der Waals surface area (Å²) >= 11 is 0. The minimum atomic E-state index is -0.935. The molecular weight excluding hydrogens is 208 g/mol. The van der Waals surface area contributed by atoms with Crippen molar-refractivity contribution < 1.29 is 14.7 Å². The molecule has 0 saturated carbocycles. The fourth-order valence-corrected chi connectivity index (χ4v) is 1.22. The maximum atomic E-state index is 10.8. The van der Waals surface area contributed by atoms with E-state index in [4.69, 9.17) is 5.11 Å². The Morgan fingerprint density at radius 1 is 1.25 bits per heavy atom. The van der Waals surface area contributed by atoms with Gasteiger partial charge in [-0.1, -0.05) is 12.1 Å². The number of aromatic carboxylic acids is 1. The van der Waals surface area contributed by atoms with Gasteiger partial charge in [0.1, 0.15) is 0 Å². The number of urea groups is 1. The van der Waals surface area contributed by atoms with Gasteiger partial charge in [-0.2, -0.15) is 0 Å². The molecule has 5 nitrogen and oxygen atoms in total. The number of carbonyl (C=O) groups excluding carboxylic acids is 1. The van der Waals surface area contributed by atoms with E-state index in [0.717, 1.165) is 5.56 Å². The molecule has 0 atom stereocenters. The van der Waals surface area contributed by atoms with Crippen LogP contribution in [0.25, 0.3) is 0 Å². The first kappa shape index (κ1) is 12.0. The van der Waals surface area contributed by atoms with Crippen molar-refractivity contribution in [3.05, 3.63) is 35.4 Å². The average molecular weight is 222 g/mol. The molecule has 0 fully saturated rings. The molecule has 0 radical (unpaired) electrons. The zero-order valence-electron chi connectivity index (χ0n) is 8.99. The Labute approximate surface area is 93.5 Å². The summed E-state index contributed by atoms with van der Waals surface area (Å²) in [5.74, 6) is -0.935. The quantitative estimate of drug-likeness (QED) is 0.706. The smallest absolute Gasteiger partial charge is 0.335 e. The Morgan fingerprint density at radius 3 is 2.38 bits per heavy atom. The third-order valence-electron chi connectivity index (χ3n) is 2.13. The number of benzene rings is 1. The number of hydrogen-bond acceptors (Lipinski definition) is 2. The number of nitrogens with one attached hydrogen (secondary N) is 2. The van der Waals surface area contributed by atoms with Gasteiger partial charge in [0, 0.05) is 13.6 Å². The number of amides is 2. The van der Waals surface area contributed by atoms with Crippen molar-refractivity contribution in [1.82, 2.24) is 10.6 Å². The highest BCUT2D eigenvalue weighted by molar-refractivity contribution is 5.87. The van der Waals surface area contributed by atoms with Crippen LogP contribution in [0.2, 0.25) is 0 Å². The van der Waals surface area contributed by atoms with Crippen LogP contribution in [-0.2, 0) is 6.42 Å². The molecule has 1 aromatic rings. The van der Waals surface area contributed by atoms with Crippen LogP contribution in [0.1, 0.15) is 15.9 Å². The molecule has 0 unspecified atom stereocenters. The molecule has 0 aliphatic heterocycles. The maximum absolute atomic E-state index is 10.8. The number of carboxylic acid groups (broad SMARTS) is 1. The van der Waals surface area contributed by atoms with E-state index in [1.165, 1.54) is 0 Å². The lowest BCUT2D eigenvalue weighted by atomic mass is 10.1. The van der Waals surface area contributed by atoms with Crippen molar-refractivity contribution in [3.8, 4) is 0 Å². The summed E-state index contributed by atoms with van der Waals surface area (Å²) in [7, 11) is 1.55. The Morgan fingerprint density at radius 2 is 1.88 bits per heavy atom. The van der Waals surface area contributed by atoms with Gasteiger partial charge in [0.25, 0.3) is 0 Å². The molecule has 1 rings (SSSR count). The van der Waals surface area contributed by atoms with E-state index in [1.54, 1.807) is 31.3 Å². The van der Waals surface area contributed by atoms with Crippen molar-refractivity contribution in [2.24, 2.45) is 0 Å². The summed E-state index contributed by atoms with van der Waals surface area (Å²) in [6.45, 7) is 0.520. The minimum absolute atomic E-state index is 0.220. The Bertz CT molecular complexity index is 373. The van der Waals surface area contributed by atoms with Gasteiger partial charge in [-0.05, 0) is 24.1 Å². The summed E-state index contributed by atoms with van der Waals surface area (Å²) in [4.78, 5) is 21.4. The molecule has 0 aromatic heterocycles. The molecule has 3 N–H and O–H groups in total. The van der Waals surface area contributed by atoms with Gasteiger partial charge < -0.3 is 15.7 Å². The lowest BCUT2D eigenvalue weighted by molar-refractivity contribution is 0.0697. The second-order valence-corrected chi connectivity index (χ2v) is 3.26. The van der Waals surface area contributed by atoms with Gasteiger partial charge in [0.15, 0.2) is 0 Å². The predicted octanol–water partition coefficient (Wildman–Crippen LogP) is 0.856. The SMILES string of the molecule is CNC(=O)NCCc1ccc(C(=O)O)cc1. The molecule has 0 aliphatic rings. The van der Waals surface area contributed by atoms with Crippen molar-refractivity contribution in [2.75, 3.05) is 13.6 Å². The normalized spacial score (nSPS) is 9.56. The Kier molecular flexibility index (Phi) is 4.32. The summed E-state index contributed by atoms with van der Waals surface area (Å²) < 4.78 is 0. The van der Waals surface area contributed by atoms with E-state index in [-0.39, 0.29) is 11.6 Å². The van der Waals surface area contributed by atoms with E-state index >= 15 is 0 Å². The van der Waals surface area contributed by atoms with Crippen LogP contribution < -0.4 is 10.6 Å². The topological polar surface area (TPSA) is 78.4 Å². The fourth-order valence-electron chi connectivity index (χ4n) is 1.22. The van der Waals surface area contributed by atoms with Gasteiger partial charge >= 0.3 is 12.0 Å². The number of carbonyl (C=O) groups is 2. The molecule has 5 heteroatoms. The lowest BCUT2D eigenvalue weighted by Crippen LogP contribution is -2.33. The van der Waals surface area contributed by atoms with E-state index in [1.807, 2.05) is 0 Å². The zero-order chi connectivity index (χ0) is 12.0. The molecule has 1 aromatic carbocycles. The third kappa shape index (κ3) is 3.61. The van der Waals surface area contributed by atoms with Gasteiger partial charge in [0.05, 0.1) is 5.56 Å². The van der Waals surface area contributed by atoms with Gasteiger partial charge in [0.2, 0.25) is 0 Å². The highest BCUT2D eigenvalue weighted by Crippen LogP contribution is 2.04. The van der Waals surface area contributed by atoms with Crippen LogP contribution in [0.4, 0.5) is 4.79 Å². The number of carboxylic acids is 1. The first-order chi connectivity index (χ1) is 7.63. The molecule has 2 amide bonds. The molecule has 0 bridgehead atoms. The van der Waals surface area contributed by atoms with Gasteiger partial charge in [-0.3, -0.25) is 0 Å². The van der Waals surface area contributed by atoms with Gasteiger partial charge in [-0.15, -0.1) is 0 Å². The van der Waals surface area contributed by atoms with E-state index < -0.39 is 5.97 Å². The molecule has 86 valence electrons. The molecule has 0 saturated heterocycles. The maximum Gasteiger partial charge on any atom is 0.335 e. The van der Waals surface area contributed by atoms with Crippen molar-refractivity contribution in [3.63, 3.8) is 0 Å². The van der Waals surface area contributed by atoms with E-state index in [2.05, 4.69) is 10.6 Å². The van der Waals surface area contributed by atoms with Crippen LogP contribution in [0.5, 0.6) is 0 Å². The highest BCUT2D eigenvalue weighted by Gasteiger charge is 2.01. The van der Waals surface area contributed by atoms with E-state index in [9.17, 15) is 9.59 Å². The molecule has 16 heavy (non-hydrogen) atoms. The lowest BCUT2D eigenvalue weighted by Gasteiger charge is -2.04. The minimum Gasteiger partial charge on any atom is -0.478 e. The van der Waals surface area contributed by atoms with Crippen LogP contribution >= 0.6 is 0 Å². The average Bonchev–Trinajstić information content (AvgIpc) is 2.29. The summed E-state index contributed by atoms with van der Waals surface area (Å²) in [5.41, 5.74) is 1.25. The third-order valence-corrected chi connectivity index (χ3v) is 2.13. The van der Waals surface area contributed by atoms with Gasteiger partial charge in [-0.25, -0.2) is 9.59 Å². The Balaban J connectivity index is 2.43. The monoisotopic (exact) mass is 222 g/mol. The van der Waals surface area contributed by atoms with Crippen molar-refractivity contribution in [1.29, 1.82) is 0 Å². The Hall–Kier alpha value is -2.04. The first-order valence-corrected chi connectivity index (χ1v) is 4.91. The van der Waals surface area contributed by atoms with Crippen LogP contribution in [0.3, 0.4) is 0 Å². The number of rotatable bonds is 4. The summed E-state index contributed by atoms with van der Waals surface area (Å²) in [6, 6.07) is 6.38. The second kappa shape index (κ2) is 5.75. The molecule has 0 heterocycles. The largest absolute Gasteiger partial charge is 0.478 e. The van der Waals surface area contributed by atoms with E-state index in [0.29, 0.717) is 13.0 Å². The standard InChI is InChI=1S/C11H14N2O3/c1-12-11(16)13-7-6-8-2-4-9(5-3-8)10(14)15/h2-5H,6-7H2,1H3,(H,14,15)(H2,12,13,16). The fraction of sp³-hybridized carbons (Fsp3) is 0.273. The highest BCUT2D eigenvalue weighted by atomic mass is 16.4. The van der Waals surface area contributed by atoms with Crippen molar-refractivity contribution >= 4 is 12.0 Å².